The van der Waals surface area contributed by atoms with Gasteiger partial charge >= 0.3 is 0 Å². The van der Waals surface area contributed by atoms with Crippen LogP contribution in [0.1, 0.15) is 46.7 Å². The molecular weight excluding hydrogens is 404 g/mol. The summed E-state index contributed by atoms with van der Waals surface area (Å²) in [6.07, 6.45) is 9.14. The van der Waals surface area contributed by atoms with Crippen LogP contribution in [0.3, 0.4) is 0 Å². The van der Waals surface area contributed by atoms with Crippen LogP contribution in [0.4, 0.5) is 0 Å². The van der Waals surface area contributed by atoms with Gasteiger partial charge < -0.3 is 4.74 Å². The van der Waals surface area contributed by atoms with Gasteiger partial charge in [-0.25, -0.2) is 9.97 Å². The lowest BCUT2D eigenvalue weighted by Crippen LogP contribution is -2.34. The standard InChI is InChI=1S/C25H28N4OS/c1-18-13-27-25(31-17-20-4-2-9-26-14-20)28-24(18)22-5-3-10-29(16-22)15-19-6-7-23-21(12-19)8-11-30-23/h2,4,6-7,9,12-14,22H,3,5,8,10-11,15-17H2,1H3. The Morgan fingerprint density at radius 2 is 2.16 bits per heavy atom. The van der Waals surface area contributed by atoms with Gasteiger partial charge in [-0.3, -0.25) is 9.88 Å². The van der Waals surface area contributed by atoms with Crippen LogP contribution in [-0.2, 0) is 18.7 Å². The molecule has 0 aliphatic carbocycles. The predicted octanol–water partition coefficient (Wildman–Crippen LogP) is 4.79. The first-order valence-electron chi connectivity index (χ1n) is 11.1. The topological polar surface area (TPSA) is 51.1 Å². The molecule has 0 radical (unpaired) electrons. The predicted molar refractivity (Wildman–Crippen MR) is 123 cm³/mol. The van der Waals surface area contributed by atoms with Crippen molar-refractivity contribution in [2.24, 2.45) is 0 Å². The highest BCUT2D eigenvalue weighted by Gasteiger charge is 2.25. The van der Waals surface area contributed by atoms with Crippen molar-refractivity contribution in [3.05, 3.63) is 76.9 Å². The molecule has 4 heterocycles. The monoisotopic (exact) mass is 432 g/mol. The van der Waals surface area contributed by atoms with Crippen molar-refractivity contribution < 1.29 is 4.74 Å². The van der Waals surface area contributed by atoms with Crippen molar-refractivity contribution in [3.8, 4) is 5.75 Å². The smallest absolute Gasteiger partial charge is 0.188 e. The fourth-order valence-electron chi connectivity index (χ4n) is 4.57. The lowest BCUT2D eigenvalue weighted by Gasteiger charge is -2.33. The highest BCUT2D eigenvalue weighted by Crippen LogP contribution is 2.31. The van der Waals surface area contributed by atoms with Crippen molar-refractivity contribution in [2.75, 3.05) is 19.7 Å². The number of benzene rings is 1. The van der Waals surface area contributed by atoms with Gasteiger partial charge in [-0.2, -0.15) is 0 Å². The number of piperidine rings is 1. The number of likely N-dealkylation sites (tertiary alicyclic amines) is 1. The average Bonchev–Trinajstić information content (AvgIpc) is 3.27. The molecule has 1 aromatic carbocycles. The van der Waals surface area contributed by atoms with Gasteiger partial charge in [0.25, 0.3) is 0 Å². The fraction of sp³-hybridized carbons (Fsp3) is 0.400. The molecule has 3 aromatic rings. The van der Waals surface area contributed by atoms with Gasteiger partial charge in [0.05, 0.1) is 12.3 Å². The minimum absolute atomic E-state index is 0.465. The Morgan fingerprint density at radius 3 is 3.06 bits per heavy atom. The molecule has 2 aliphatic heterocycles. The van der Waals surface area contributed by atoms with Crippen LogP contribution >= 0.6 is 11.8 Å². The van der Waals surface area contributed by atoms with E-state index in [1.165, 1.54) is 40.8 Å². The van der Waals surface area contributed by atoms with Gasteiger partial charge in [0.15, 0.2) is 5.16 Å². The quantitative estimate of drug-likeness (QED) is 0.412. The van der Waals surface area contributed by atoms with Gasteiger partial charge in [0.2, 0.25) is 0 Å². The van der Waals surface area contributed by atoms with Gasteiger partial charge in [-0.15, -0.1) is 0 Å². The van der Waals surface area contributed by atoms with E-state index in [0.717, 1.165) is 49.3 Å². The third kappa shape index (κ3) is 4.91. The summed E-state index contributed by atoms with van der Waals surface area (Å²) < 4.78 is 5.66. The Morgan fingerprint density at radius 1 is 1.19 bits per heavy atom. The molecule has 2 aromatic heterocycles. The van der Waals surface area contributed by atoms with Crippen molar-refractivity contribution in [1.29, 1.82) is 0 Å². The van der Waals surface area contributed by atoms with E-state index in [1.54, 1.807) is 18.0 Å². The molecule has 0 spiro atoms. The highest BCUT2D eigenvalue weighted by molar-refractivity contribution is 7.98. The summed E-state index contributed by atoms with van der Waals surface area (Å²) in [7, 11) is 0. The Labute approximate surface area is 188 Å². The van der Waals surface area contributed by atoms with Crippen LogP contribution in [0.5, 0.6) is 5.75 Å². The second-order valence-electron chi connectivity index (χ2n) is 8.49. The zero-order chi connectivity index (χ0) is 21.0. The van der Waals surface area contributed by atoms with Crippen LogP contribution in [0.15, 0.2) is 54.1 Å². The average molecular weight is 433 g/mol. The number of aryl methyl sites for hydroxylation is 1. The number of hydrogen-bond acceptors (Lipinski definition) is 6. The molecule has 1 atom stereocenters. The lowest BCUT2D eigenvalue weighted by atomic mass is 9.92. The number of fused-ring (bicyclic) bond motifs is 1. The second kappa shape index (κ2) is 9.37. The first kappa shape index (κ1) is 20.5. The summed E-state index contributed by atoms with van der Waals surface area (Å²) in [6, 6.07) is 10.8. The van der Waals surface area contributed by atoms with E-state index in [1.807, 2.05) is 18.5 Å². The maximum Gasteiger partial charge on any atom is 0.188 e. The molecule has 5 rings (SSSR count). The van der Waals surface area contributed by atoms with E-state index in [9.17, 15) is 0 Å². The van der Waals surface area contributed by atoms with Gasteiger partial charge in [-0.05, 0) is 60.7 Å². The molecule has 6 heteroatoms. The maximum absolute atomic E-state index is 5.66. The van der Waals surface area contributed by atoms with E-state index in [2.05, 4.69) is 46.1 Å². The number of pyridine rings is 1. The fourth-order valence-corrected chi connectivity index (χ4v) is 5.33. The number of thioether (sulfide) groups is 1. The molecule has 31 heavy (non-hydrogen) atoms. The molecular formula is C25H28N4OS. The van der Waals surface area contributed by atoms with Crippen LogP contribution in [-0.4, -0.2) is 39.5 Å². The minimum atomic E-state index is 0.465. The summed E-state index contributed by atoms with van der Waals surface area (Å²) in [6.45, 7) is 6.16. The molecule has 2 aliphatic rings. The zero-order valence-electron chi connectivity index (χ0n) is 18.0. The summed E-state index contributed by atoms with van der Waals surface area (Å²) in [5.41, 5.74) is 6.36. The molecule has 160 valence electrons. The first-order chi connectivity index (χ1) is 15.2. The van der Waals surface area contributed by atoms with E-state index in [-0.39, 0.29) is 0 Å². The van der Waals surface area contributed by atoms with Gasteiger partial charge in [-0.1, -0.05) is 30.0 Å². The number of rotatable bonds is 6. The third-order valence-corrected chi connectivity index (χ3v) is 7.06. The lowest BCUT2D eigenvalue weighted by molar-refractivity contribution is 0.197. The Bertz CT molecular complexity index is 1040. The second-order valence-corrected chi connectivity index (χ2v) is 9.43. The van der Waals surface area contributed by atoms with Crippen LogP contribution < -0.4 is 4.74 Å². The highest BCUT2D eigenvalue weighted by atomic mass is 32.2. The molecule has 0 amide bonds. The number of aromatic nitrogens is 3. The molecule has 0 bridgehead atoms. The number of nitrogens with zero attached hydrogens (tertiary/aromatic N) is 4. The van der Waals surface area contributed by atoms with E-state index in [4.69, 9.17) is 9.72 Å². The third-order valence-electron chi connectivity index (χ3n) is 6.13. The first-order valence-corrected chi connectivity index (χ1v) is 12.1. The molecule has 0 saturated carbocycles. The van der Waals surface area contributed by atoms with Crippen molar-refractivity contribution in [2.45, 2.75) is 49.6 Å². The Kier molecular flexibility index (Phi) is 6.18. The SMILES string of the molecule is Cc1cnc(SCc2cccnc2)nc1C1CCCN(Cc2ccc3c(c2)CCO3)C1. The largest absolute Gasteiger partial charge is 0.493 e. The molecule has 1 saturated heterocycles. The Hall–Kier alpha value is -2.44. The van der Waals surface area contributed by atoms with Gasteiger partial charge in [0.1, 0.15) is 5.75 Å². The maximum atomic E-state index is 5.66. The van der Waals surface area contributed by atoms with E-state index < -0.39 is 0 Å². The normalized spacial score (nSPS) is 18.5. The summed E-state index contributed by atoms with van der Waals surface area (Å²) in [5, 5.41) is 0.861. The molecule has 1 unspecified atom stereocenters. The van der Waals surface area contributed by atoms with Crippen molar-refractivity contribution >= 4 is 11.8 Å². The molecule has 5 nitrogen and oxygen atoms in total. The summed E-state index contributed by atoms with van der Waals surface area (Å²) in [4.78, 5) is 16.3. The van der Waals surface area contributed by atoms with Crippen LogP contribution in [0, 0.1) is 6.92 Å². The molecule has 0 N–H and O–H groups in total. The summed E-state index contributed by atoms with van der Waals surface area (Å²) in [5.74, 6) is 2.37. The van der Waals surface area contributed by atoms with Crippen molar-refractivity contribution in [3.63, 3.8) is 0 Å². The summed E-state index contributed by atoms with van der Waals surface area (Å²) >= 11 is 1.69. The number of ether oxygens (including phenoxy) is 1. The van der Waals surface area contributed by atoms with E-state index >= 15 is 0 Å². The number of hydrogen-bond donors (Lipinski definition) is 0. The van der Waals surface area contributed by atoms with Crippen LogP contribution in [0.2, 0.25) is 0 Å². The van der Waals surface area contributed by atoms with E-state index in [0.29, 0.717) is 5.92 Å². The zero-order valence-corrected chi connectivity index (χ0v) is 18.8. The van der Waals surface area contributed by atoms with Crippen LogP contribution in [0.25, 0.3) is 0 Å². The van der Waals surface area contributed by atoms with Crippen molar-refractivity contribution in [1.82, 2.24) is 19.9 Å². The Balaban J connectivity index is 1.26. The van der Waals surface area contributed by atoms with Gasteiger partial charge in [0, 0.05) is 49.8 Å². The molecule has 1 fully saturated rings. The minimum Gasteiger partial charge on any atom is -0.493 e.